The maximum Gasteiger partial charge on any atom is 0.184 e. The minimum atomic E-state index is -0.643. The number of nitrogens with two attached hydrogens (primary N) is 1. The Bertz CT molecular complexity index is 1070. The molecule has 0 amide bonds. The van der Waals surface area contributed by atoms with Crippen LogP contribution in [0.1, 0.15) is 42.9 Å². The number of fused-ring (bicyclic) bond motifs is 3. The Balaban J connectivity index is 1.72. The first-order valence-electron chi connectivity index (χ1n) is 9.23. The Morgan fingerprint density at radius 1 is 1.07 bits per heavy atom. The van der Waals surface area contributed by atoms with Crippen LogP contribution in [0.5, 0.6) is 0 Å². The monoisotopic (exact) mass is 358 g/mol. The highest BCUT2D eigenvalue weighted by molar-refractivity contribution is 6.41. The lowest BCUT2D eigenvalue weighted by molar-refractivity contribution is 0.231. The molecule has 4 nitrogen and oxygen atoms in total. The molecule has 3 aliphatic rings. The number of hydrogen-bond acceptors (Lipinski definition) is 4. The van der Waals surface area contributed by atoms with Crippen molar-refractivity contribution in [1.82, 2.24) is 0 Å². The number of halogens is 1. The van der Waals surface area contributed by atoms with E-state index in [0.29, 0.717) is 17.0 Å². The van der Waals surface area contributed by atoms with Crippen LogP contribution in [0.2, 0.25) is 0 Å². The van der Waals surface area contributed by atoms with Gasteiger partial charge in [-0.15, -0.1) is 0 Å². The Labute approximate surface area is 157 Å². The van der Waals surface area contributed by atoms with E-state index in [1.807, 2.05) is 19.1 Å². The maximum absolute atomic E-state index is 14.0. The zero-order valence-corrected chi connectivity index (χ0v) is 15.1. The molecule has 2 spiro atoms. The summed E-state index contributed by atoms with van der Waals surface area (Å²) in [6.07, 6.45) is 4.25. The van der Waals surface area contributed by atoms with Crippen molar-refractivity contribution in [3.8, 4) is 17.2 Å². The van der Waals surface area contributed by atoms with Crippen molar-refractivity contribution >= 4 is 11.5 Å². The van der Waals surface area contributed by atoms with E-state index in [9.17, 15) is 4.39 Å². The van der Waals surface area contributed by atoms with E-state index in [0.717, 1.165) is 42.5 Å². The van der Waals surface area contributed by atoms with Gasteiger partial charge < -0.3 is 5.73 Å². The first kappa shape index (κ1) is 16.2. The first-order valence-corrected chi connectivity index (χ1v) is 9.23. The minimum absolute atomic E-state index is 0.0563. The van der Waals surface area contributed by atoms with Crippen LogP contribution in [0.15, 0.2) is 46.4 Å². The third-order valence-corrected chi connectivity index (χ3v) is 6.29. The molecule has 0 aromatic heterocycles. The molecule has 2 N–H and O–H groups in total. The van der Waals surface area contributed by atoms with E-state index < -0.39 is 11.5 Å². The molecular formula is C22H19FN4. The van der Waals surface area contributed by atoms with Gasteiger partial charge in [0, 0.05) is 11.0 Å². The molecule has 0 radical (unpaired) electrons. The molecule has 1 unspecified atom stereocenters. The topological polar surface area (TPSA) is 74.5 Å². The third kappa shape index (κ3) is 2.19. The number of aliphatic imine (C=N–C) groups is 2. The van der Waals surface area contributed by atoms with Gasteiger partial charge >= 0.3 is 0 Å². The Hall–Kier alpha value is -3.00. The average molecular weight is 358 g/mol. The summed E-state index contributed by atoms with van der Waals surface area (Å²) in [6.45, 7) is 1.91. The van der Waals surface area contributed by atoms with Crippen LogP contribution >= 0.6 is 0 Å². The molecule has 1 aliphatic heterocycles. The highest BCUT2D eigenvalue weighted by atomic mass is 19.1. The van der Waals surface area contributed by atoms with E-state index >= 15 is 0 Å². The van der Waals surface area contributed by atoms with Gasteiger partial charge in [0.1, 0.15) is 11.7 Å². The molecule has 134 valence electrons. The summed E-state index contributed by atoms with van der Waals surface area (Å²) in [7, 11) is 0. The largest absolute Gasteiger partial charge is 0.382 e. The SMILES string of the molecule is CC1=NC2(N=C1N)c1cc(-c3cc(F)cc(C#N)c3)ccc1CCC21CC1. The predicted octanol–water partition coefficient (Wildman–Crippen LogP) is 4.08. The molecule has 5 rings (SSSR count). The van der Waals surface area contributed by atoms with Crippen LogP contribution < -0.4 is 5.73 Å². The second kappa shape index (κ2) is 5.26. The summed E-state index contributed by atoms with van der Waals surface area (Å²) in [5.41, 5.74) is 10.5. The number of rotatable bonds is 1. The van der Waals surface area contributed by atoms with Gasteiger partial charge in [0.05, 0.1) is 17.3 Å². The summed E-state index contributed by atoms with van der Waals surface area (Å²) in [6, 6.07) is 12.6. The van der Waals surface area contributed by atoms with Crippen molar-refractivity contribution in [2.24, 2.45) is 21.1 Å². The van der Waals surface area contributed by atoms with Gasteiger partial charge in [0.2, 0.25) is 0 Å². The van der Waals surface area contributed by atoms with E-state index in [1.54, 1.807) is 6.07 Å². The van der Waals surface area contributed by atoms with E-state index in [2.05, 4.69) is 12.1 Å². The van der Waals surface area contributed by atoms with Gasteiger partial charge in [-0.25, -0.2) is 9.38 Å². The van der Waals surface area contributed by atoms with Crippen molar-refractivity contribution in [1.29, 1.82) is 5.26 Å². The quantitative estimate of drug-likeness (QED) is 0.834. The fourth-order valence-corrected chi connectivity index (χ4v) is 4.64. The lowest BCUT2D eigenvalue weighted by Gasteiger charge is -2.39. The van der Waals surface area contributed by atoms with Gasteiger partial charge in [0.25, 0.3) is 0 Å². The molecule has 1 saturated carbocycles. The average Bonchev–Trinajstić information content (AvgIpc) is 3.39. The highest BCUT2D eigenvalue weighted by Crippen LogP contribution is 2.67. The molecule has 0 saturated heterocycles. The van der Waals surface area contributed by atoms with Crippen LogP contribution in [0.3, 0.4) is 0 Å². The number of nitriles is 1. The van der Waals surface area contributed by atoms with Crippen LogP contribution in [-0.4, -0.2) is 11.5 Å². The number of benzene rings is 2. The second-order valence-electron chi connectivity index (χ2n) is 7.86. The number of aryl methyl sites for hydroxylation is 1. The summed E-state index contributed by atoms with van der Waals surface area (Å²) < 4.78 is 14.0. The Morgan fingerprint density at radius 2 is 1.89 bits per heavy atom. The molecule has 0 bridgehead atoms. The van der Waals surface area contributed by atoms with Crippen LogP contribution in [0.4, 0.5) is 4.39 Å². The molecule has 1 atom stereocenters. The van der Waals surface area contributed by atoms with Gasteiger partial charge in [-0.2, -0.15) is 5.26 Å². The molecule has 27 heavy (non-hydrogen) atoms. The van der Waals surface area contributed by atoms with Crippen molar-refractivity contribution in [2.75, 3.05) is 0 Å². The lowest BCUT2D eigenvalue weighted by Crippen LogP contribution is -2.37. The molecule has 5 heteroatoms. The summed E-state index contributed by atoms with van der Waals surface area (Å²) in [5, 5.41) is 9.16. The number of nitrogens with zero attached hydrogens (tertiary/aromatic N) is 3. The lowest BCUT2D eigenvalue weighted by atomic mass is 9.72. The minimum Gasteiger partial charge on any atom is -0.382 e. The number of amidine groups is 1. The molecule has 2 aromatic carbocycles. The fourth-order valence-electron chi connectivity index (χ4n) is 4.64. The van der Waals surface area contributed by atoms with Gasteiger partial charge in [-0.3, -0.25) is 4.99 Å². The molecule has 2 aliphatic carbocycles. The summed E-state index contributed by atoms with van der Waals surface area (Å²) in [4.78, 5) is 9.83. The van der Waals surface area contributed by atoms with Crippen molar-refractivity contribution in [3.05, 3.63) is 58.9 Å². The van der Waals surface area contributed by atoms with Crippen LogP contribution in [-0.2, 0) is 12.1 Å². The predicted molar refractivity (Wildman–Crippen MR) is 103 cm³/mol. The van der Waals surface area contributed by atoms with Gasteiger partial charge in [0.15, 0.2) is 5.66 Å². The van der Waals surface area contributed by atoms with Crippen molar-refractivity contribution in [2.45, 2.75) is 38.3 Å². The zero-order valence-electron chi connectivity index (χ0n) is 15.1. The molecule has 2 aromatic rings. The van der Waals surface area contributed by atoms with Gasteiger partial charge in [-0.05, 0) is 73.6 Å². The zero-order chi connectivity index (χ0) is 18.8. The van der Waals surface area contributed by atoms with Gasteiger partial charge in [-0.1, -0.05) is 12.1 Å². The van der Waals surface area contributed by atoms with Crippen molar-refractivity contribution < 1.29 is 4.39 Å². The standard InChI is InChI=1S/C22H19FN4/c1-13-20(25)27-22(26-13)19-11-16(17-8-14(12-24)9-18(23)10-17)3-2-15(19)4-5-21(22)6-7-21/h2-3,8-11H,4-7H2,1H3,(H2,25,27). The normalized spacial score (nSPS) is 24.3. The summed E-state index contributed by atoms with van der Waals surface area (Å²) >= 11 is 0. The van der Waals surface area contributed by atoms with E-state index in [4.69, 9.17) is 21.0 Å². The fraction of sp³-hybridized carbons (Fsp3) is 0.318. The first-order chi connectivity index (χ1) is 13.0. The molecular weight excluding hydrogens is 339 g/mol. The van der Waals surface area contributed by atoms with Crippen LogP contribution in [0.25, 0.3) is 11.1 Å². The Kier molecular flexibility index (Phi) is 3.16. The summed E-state index contributed by atoms with van der Waals surface area (Å²) in [5.74, 6) is 0.101. The highest BCUT2D eigenvalue weighted by Gasteiger charge is 2.64. The second-order valence-corrected chi connectivity index (χ2v) is 7.86. The van der Waals surface area contributed by atoms with Crippen LogP contribution in [0, 0.1) is 22.6 Å². The molecule has 1 heterocycles. The number of hydrogen-bond donors (Lipinski definition) is 1. The maximum atomic E-state index is 14.0. The van der Waals surface area contributed by atoms with E-state index in [-0.39, 0.29) is 5.41 Å². The Morgan fingerprint density at radius 3 is 2.56 bits per heavy atom. The van der Waals surface area contributed by atoms with E-state index in [1.165, 1.54) is 17.7 Å². The smallest absolute Gasteiger partial charge is 0.184 e. The molecule has 1 fully saturated rings. The third-order valence-electron chi connectivity index (χ3n) is 6.29. The van der Waals surface area contributed by atoms with Crippen molar-refractivity contribution in [3.63, 3.8) is 0 Å².